The third kappa shape index (κ3) is 2.52. The van der Waals surface area contributed by atoms with Crippen molar-refractivity contribution in [3.05, 3.63) is 23.8 Å². The fraction of sp³-hybridized carbons (Fsp3) is 0.333. The molecule has 0 heterocycles. The van der Waals surface area contributed by atoms with Gasteiger partial charge in [0.05, 0.1) is 16.6 Å². The molecule has 0 bridgehead atoms. The van der Waals surface area contributed by atoms with E-state index in [9.17, 15) is 8.60 Å². The molecule has 4 heteroatoms. The highest BCUT2D eigenvalue weighted by molar-refractivity contribution is 7.85. The van der Waals surface area contributed by atoms with Gasteiger partial charge in [-0.25, -0.2) is 0 Å². The van der Waals surface area contributed by atoms with Gasteiger partial charge < -0.3 is 5.73 Å². The fourth-order valence-electron chi connectivity index (χ4n) is 1.04. The van der Waals surface area contributed by atoms with Crippen LogP contribution in [0.2, 0.25) is 0 Å². The van der Waals surface area contributed by atoms with Crippen molar-refractivity contribution in [1.29, 1.82) is 0 Å². The Bertz CT molecular complexity index is 327. The molecule has 72 valence electrons. The molecule has 0 spiro atoms. The first-order valence-electron chi connectivity index (χ1n) is 3.95. The molecule has 2 nitrogen and oxygen atoms in total. The van der Waals surface area contributed by atoms with E-state index in [4.69, 9.17) is 5.73 Å². The van der Waals surface area contributed by atoms with Gasteiger partial charge in [-0.2, -0.15) is 0 Å². The minimum atomic E-state index is -1.26. The molecule has 1 aromatic rings. The zero-order chi connectivity index (χ0) is 9.84. The maximum absolute atomic E-state index is 11.9. The Balaban J connectivity index is 2.99. The third-order valence-electron chi connectivity index (χ3n) is 1.72. The lowest BCUT2D eigenvalue weighted by Gasteiger charge is -2.04. The number of hydrogen-bond donors (Lipinski definition) is 1. The van der Waals surface area contributed by atoms with Crippen molar-refractivity contribution in [3.8, 4) is 0 Å². The molecule has 0 saturated heterocycles. The van der Waals surface area contributed by atoms with Crippen molar-refractivity contribution < 1.29 is 8.60 Å². The van der Waals surface area contributed by atoms with E-state index in [-0.39, 0.29) is 5.75 Å². The van der Waals surface area contributed by atoms with Crippen LogP contribution in [0.4, 0.5) is 10.1 Å². The second kappa shape index (κ2) is 4.37. The van der Waals surface area contributed by atoms with E-state index in [0.717, 1.165) is 5.56 Å². The van der Waals surface area contributed by atoms with Crippen LogP contribution in [0.25, 0.3) is 0 Å². The van der Waals surface area contributed by atoms with Crippen LogP contribution in [-0.2, 0) is 10.8 Å². The van der Waals surface area contributed by atoms with Gasteiger partial charge in [0.25, 0.3) is 0 Å². The first-order chi connectivity index (χ1) is 6.15. The second-order valence-electron chi connectivity index (χ2n) is 2.76. The Morgan fingerprint density at radius 3 is 2.85 bits per heavy atom. The molecule has 0 amide bonds. The maximum atomic E-state index is 11.9. The number of aryl methyl sites for hydroxylation is 1. The minimum Gasteiger partial charge on any atom is -0.399 e. The number of hydrogen-bond acceptors (Lipinski definition) is 2. The average molecular weight is 201 g/mol. The first-order valence-corrected chi connectivity index (χ1v) is 5.27. The van der Waals surface area contributed by atoms with Gasteiger partial charge in [0.2, 0.25) is 0 Å². The smallest absolute Gasteiger partial charge is 0.101 e. The summed E-state index contributed by atoms with van der Waals surface area (Å²) in [6.45, 7) is 1.27. The van der Waals surface area contributed by atoms with Crippen molar-refractivity contribution >= 4 is 16.5 Å². The van der Waals surface area contributed by atoms with E-state index in [1.165, 1.54) is 0 Å². The Morgan fingerprint density at radius 1 is 1.54 bits per heavy atom. The summed E-state index contributed by atoms with van der Waals surface area (Å²) in [5.41, 5.74) is 6.99. The molecule has 0 aliphatic carbocycles. The largest absolute Gasteiger partial charge is 0.399 e. The summed E-state index contributed by atoms with van der Waals surface area (Å²) in [4.78, 5) is 0.637. The number of halogens is 1. The summed E-state index contributed by atoms with van der Waals surface area (Å²) >= 11 is 0. The molecule has 2 N–H and O–H groups in total. The quantitative estimate of drug-likeness (QED) is 0.756. The number of nitrogens with two attached hydrogens (primary N) is 1. The van der Waals surface area contributed by atoms with Gasteiger partial charge in [0, 0.05) is 10.6 Å². The standard InChI is InChI=1S/C9H12FNOS/c1-7-2-3-8(11)6-9(7)13(12)5-4-10/h2-3,6H,4-5,11H2,1H3. The summed E-state index contributed by atoms with van der Waals surface area (Å²) in [7, 11) is -1.26. The van der Waals surface area contributed by atoms with Gasteiger partial charge in [-0.05, 0) is 24.6 Å². The molecular weight excluding hydrogens is 189 g/mol. The highest BCUT2D eigenvalue weighted by Crippen LogP contribution is 2.16. The number of benzene rings is 1. The minimum absolute atomic E-state index is 0.0459. The van der Waals surface area contributed by atoms with Gasteiger partial charge in [0.1, 0.15) is 6.67 Å². The van der Waals surface area contributed by atoms with Crippen LogP contribution in [0.3, 0.4) is 0 Å². The fourth-order valence-corrected chi connectivity index (χ4v) is 2.10. The Hall–Kier alpha value is -0.900. The monoisotopic (exact) mass is 201 g/mol. The molecule has 0 aromatic heterocycles. The molecule has 1 atom stereocenters. The second-order valence-corrected chi connectivity index (χ2v) is 4.30. The number of anilines is 1. The van der Waals surface area contributed by atoms with E-state index in [0.29, 0.717) is 10.6 Å². The molecule has 1 unspecified atom stereocenters. The summed E-state index contributed by atoms with van der Waals surface area (Å²) < 4.78 is 23.4. The summed E-state index contributed by atoms with van der Waals surface area (Å²) in [5, 5.41) is 0. The van der Waals surface area contributed by atoms with Crippen molar-refractivity contribution in [2.24, 2.45) is 0 Å². The van der Waals surface area contributed by atoms with Crippen molar-refractivity contribution in [2.45, 2.75) is 11.8 Å². The van der Waals surface area contributed by atoms with Crippen molar-refractivity contribution in [3.63, 3.8) is 0 Å². The van der Waals surface area contributed by atoms with Crippen LogP contribution < -0.4 is 5.73 Å². The van der Waals surface area contributed by atoms with Gasteiger partial charge >= 0.3 is 0 Å². The van der Waals surface area contributed by atoms with E-state index in [2.05, 4.69) is 0 Å². The lowest BCUT2D eigenvalue weighted by molar-refractivity contribution is 0.528. The summed E-state index contributed by atoms with van der Waals surface area (Å²) in [6, 6.07) is 5.17. The van der Waals surface area contributed by atoms with Crippen LogP contribution in [0.5, 0.6) is 0 Å². The highest BCUT2D eigenvalue weighted by Gasteiger charge is 2.06. The molecule has 1 rings (SSSR count). The predicted octanol–water partition coefficient (Wildman–Crippen LogP) is 1.65. The molecule has 13 heavy (non-hydrogen) atoms. The van der Waals surface area contributed by atoms with Crippen molar-refractivity contribution in [2.75, 3.05) is 18.2 Å². The molecule has 0 saturated carbocycles. The van der Waals surface area contributed by atoms with Crippen LogP contribution in [0.1, 0.15) is 5.56 Å². The Kier molecular flexibility index (Phi) is 3.42. The summed E-state index contributed by atoms with van der Waals surface area (Å²) in [5.74, 6) is 0.0459. The van der Waals surface area contributed by atoms with Gasteiger partial charge in [-0.1, -0.05) is 6.07 Å². The number of nitrogen functional groups attached to an aromatic ring is 1. The van der Waals surface area contributed by atoms with E-state index in [1.54, 1.807) is 18.2 Å². The maximum Gasteiger partial charge on any atom is 0.101 e. The molecule has 0 aliphatic heterocycles. The molecule has 0 radical (unpaired) electrons. The molecule has 1 aromatic carbocycles. The number of alkyl halides is 1. The van der Waals surface area contributed by atoms with Crippen LogP contribution >= 0.6 is 0 Å². The van der Waals surface area contributed by atoms with Crippen LogP contribution in [0, 0.1) is 6.92 Å². The zero-order valence-electron chi connectivity index (χ0n) is 7.42. The lowest BCUT2D eigenvalue weighted by atomic mass is 10.2. The van der Waals surface area contributed by atoms with Crippen molar-refractivity contribution in [1.82, 2.24) is 0 Å². The Labute approximate surface area is 79.4 Å². The SMILES string of the molecule is Cc1ccc(N)cc1S(=O)CCF. The van der Waals surface area contributed by atoms with Crippen LogP contribution in [-0.4, -0.2) is 16.6 Å². The van der Waals surface area contributed by atoms with Gasteiger partial charge in [-0.3, -0.25) is 8.60 Å². The first kappa shape index (κ1) is 10.2. The van der Waals surface area contributed by atoms with Crippen LogP contribution in [0.15, 0.2) is 23.1 Å². The highest BCUT2D eigenvalue weighted by atomic mass is 32.2. The molecule has 0 fully saturated rings. The average Bonchev–Trinajstić information content (AvgIpc) is 2.09. The van der Waals surface area contributed by atoms with Gasteiger partial charge in [0.15, 0.2) is 0 Å². The zero-order valence-corrected chi connectivity index (χ0v) is 8.23. The Morgan fingerprint density at radius 2 is 2.23 bits per heavy atom. The van der Waals surface area contributed by atoms with E-state index < -0.39 is 17.5 Å². The van der Waals surface area contributed by atoms with E-state index in [1.807, 2.05) is 6.92 Å². The topological polar surface area (TPSA) is 43.1 Å². The van der Waals surface area contributed by atoms with Gasteiger partial charge in [-0.15, -0.1) is 0 Å². The number of rotatable bonds is 3. The lowest BCUT2D eigenvalue weighted by Crippen LogP contribution is -2.02. The normalized spacial score (nSPS) is 12.8. The third-order valence-corrected chi connectivity index (χ3v) is 3.18. The predicted molar refractivity (Wildman–Crippen MR) is 52.8 cm³/mol. The summed E-state index contributed by atoms with van der Waals surface area (Å²) in [6.07, 6.45) is 0. The molecule has 0 aliphatic rings. The van der Waals surface area contributed by atoms with E-state index >= 15 is 0 Å². The molecular formula is C9H12FNOS.